The van der Waals surface area contributed by atoms with Gasteiger partial charge in [-0.2, -0.15) is 12.6 Å². The molecule has 2 aromatic carbocycles. The van der Waals surface area contributed by atoms with Gasteiger partial charge >= 0.3 is 5.97 Å². The van der Waals surface area contributed by atoms with Crippen molar-refractivity contribution in [3.8, 4) is 0 Å². The van der Waals surface area contributed by atoms with Crippen LogP contribution in [0.3, 0.4) is 0 Å². The van der Waals surface area contributed by atoms with E-state index in [1.54, 1.807) is 0 Å². The van der Waals surface area contributed by atoms with E-state index >= 15 is 0 Å². The number of carboxylic acid groups (broad SMARTS) is 1. The van der Waals surface area contributed by atoms with Gasteiger partial charge in [-0.15, -0.1) is 0 Å². The van der Waals surface area contributed by atoms with Gasteiger partial charge in [-0.3, -0.25) is 4.79 Å². The molecule has 0 fully saturated rings. The molecule has 0 aliphatic carbocycles. The Kier molecular flexibility index (Phi) is 2.88. The average molecular weight is 232 g/mol. The first-order valence-corrected chi connectivity index (χ1v) is 5.51. The molecular weight excluding hydrogens is 220 g/mol. The molecule has 2 nitrogen and oxygen atoms in total. The van der Waals surface area contributed by atoms with Crippen LogP contribution in [-0.4, -0.2) is 11.1 Å². The first kappa shape index (κ1) is 11.0. The van der Waals surface area contributed by atoms with E-state index in [1.165, 1.54) is 5.56 Å². The minimum absolute atomic E-state index is 0.715. The molecule has 0 aliphatic rings. The number of carboxylic acids is 1. The number of carbonyl (C=O) groups is 1. The van der Waals surface area contributed by atoms with Crippen LogP contribution in [0, 0.1) is 6.92 Å². The number of fused-ring (bicyclic) bond motifs is 1. The maximum atomic E-state index is 10.8. The first-order chi connectivity index (χ1) is 7.58. The van der Waals surface area contributed by atoms with E-state index in [-0.39, 0.29) is 0 Å². The minimum Gasteiger partial charge on any atom is -0.480 e. The molecule has 0 heterocycles. The molecular formula is C13H12O2S. The number of aliphatic carboxylic acids is 1. The average Bonchev–Trinajstić information content (AvgIpc) is 2.27. The monoisotopic (exact) mass is 232 g/mol. The molecule has 1 N–H and O–H groups in total. The van der Waals surface area contributed by atoms with E-state index in [0.29, 0.717) is 5.56 Å². The van der Waals surface area contributed by atoms with E-state index in [9.17, 15) is 4.79 Å². The van der Waals surface area contributed by atoms with Crippen molar-refractivity contribution < 1.29 is 9.90 Å². The van der Waals surface area contributed by atoms with Gasteiger partial charge in [0.25, 0.3) is 0 Å². The van der Waals surface area contributed by atoms with Crippen molar-refractivity contribution in [3.63, 3.8) is 0 Å². The lowest BCUT2D eigenvalue weighted by atomic mass is 10.0. The molecule has 0 saturated heterocycles. The predicted octanol–water partition coefficient (Wildman–Crippen LogP) is 3.20. The molecule has 2 rings (SSSR count). The first-order valence-electron chi connectivity index (χ1n) is 4.99. The van der Waals surface area contributed by atoms with Crippen molar-refractivity contribution >= 4 is 29.4 Å². The van der Waals surface area contributed by atoms with Gasteiger partial charge in [0, 0.05) is 0 Å². The van der Waals surface area contributed by atoms with Gasteiger partial charge in [0.1, 0.15) is 5.25 Å². The lowest BCUT2D eigenvalue weighted by Gasteiger charge is -2.07. The molecule has 0 radical (unpaired) electrons. The van der Waals surface area contributed by atoms with Gasteiger partial charge in [0.2, 0.25) is 0 Å². The lowest BCUT2D eigenvalue weighted by molar-refractivity contribution is -0.136. The molecule has 1 atom stereocenters. The van der Waals surface area contributed by atoms with Gasteiger partial charge in [-0.1, -0.05) is 35.9 Å². The van der Waals surface area contributed by atoms with Gasteiger partial charge < -0.3 is 5.11 Å². The summed E-state index contributed by atoms with van der Waals surface area (Å²) in [5.74, 6) is -0.921. The zero-order valence-electron chi connectivity index (χ0n) is 8.84. The topological polar surface area (TPSA) is 37.3 Å². The van der Waals surface area contributed by atoms with Crippen LogP contribution in [0.25, 0.3) is 10.8 Å². The standard InChI is InChI=1S/C13H12O2S/c1-8-2-3-10-7-11(12(16)13(14)15)5-4-9(10)6-8/h2-7,12,16H,1H3,(H,14,15). The van der Waals surface area contributed by atoms with Gasteiger partial charge in [0.05, 0.1) is 0 Å². The summed E-state index contributed by atoms with van der Waals surface area (Å²) in [7, 11) is 0. The third-order valence-corrected chi connectivity index (χ3v) is 3.09. The summed E-state index contributed by atoms with van der Waals surface area (Å²) in [6.45, 7) is 2.03. The summed E-state index contributed by atoms with van der Waals surface area (Å²) in [5.41, 5.74) is 1.91. The molecule has 0 aromatic heterocycles. The normalized spacial score (nSPS) is 12.6. The Bertz CT molecular complexity index is 549. The van der Waals surface area contributed by atoms with Crippen LogP contribution in [0.15, 0.2) is 36.4 Å². The van der Waals surface area contributed by atoms with Crippen LogP contribution in [0.4, 0.5) is 0 Å². The zero-order chi connectivity index (χ0) is 11.7. The van der Waals surface area contributed by atoms with Crippen LogP contribution in [0.2, 0.25) is 0 Å². The van der Waals surface area contributed by atoms with Crippen molar-refractivity contribution in [1.82, 2.24) is 0 Å². The lowest BCUT2D eigenvalue weighted by Crippen LogP contribution is -2.04. The van der Waals surface area contributed by atoms with Crippen LogP contribution >= 0.6 is 12.6 Å². The van der Waals surface area contributed by atoms with Crippen molar-refractivity contribution in [2.24, 2.45) is 0 Å². The van der Waals surface area contributed by atoms with Crippen LogP contribution in [0.5, 0.6) is 0 Å². The molecule has 82 valence electrons. The Morgan fingerprint density at radius 1 is 1.19 bits per heavy atom. The number of rotatable bonds is 2. The smallest absolute Gasteiger partial charge is 0.320 e. The number of hydrogen-bond donors (Lipinski definition) is 2. The maximum absolute atomic E-state index is 10.8. The third kappa shape index (κ3) is 2.04. The number of aryl methyl sites for hydroxylation is 1. The zero-order valence-corrected chi connectivity index (χ0v) is 9.74. The highest BCUT2D eigenvalue weighted by Crippen LogP contribution is 2.25. The molecule has 0 amide bonds. The van der Waals surface area contributed by atoms with Crippen molar-refractivity contribution in [2.45, 2.75) is 12.2 Å². The number of benzene rings is 2. The Balaban J connectivity index is 2.52. The fraction of sp³-hybridized carbons (Fsp3) is 0.154. The van der Waals surface area contributed by atoms with Crippen LogP contribution in [0.1, 0.15) is 16.4 Å². The molecule has 3 heteroatoms. The molecule has 16 heavy (non-hydrogen) atoms. The summed E-state index contributed by atoms with van der Waals surface area (Å²) in [6.07, 6.45) is 0. The largest absolute Gasteiger partial charge is 0.480 e. The van der Waals surface area contributed by atoms with Crippen molar-refractivity contribution in [1.29, 1.82) is 0 Å². The Labute approximate surface area is 99.3 Å². The summed E-state index contributed by atoms with van der Waals surface area (Å²) >= 11 is 4.06. The highest BCUT2D eigenvalue weighted by Gasteiger charge is 2.14. The summed E-state index contributed by atoms with van der Waals surface area (Å²) in [5, 5.41) is 10.3. The third-order valence-electron chi connectivity index (χ3n) is 2.57. The van der Waals surface area contributed by atoms with Gasteiger partial charge in [0.15, 0.2) is 0 Å². The SMILES string of the molecule is Cc1ccc2cc(C(S)C(=O)O)ccc2c1. The number of hydrogen-bond acceptors (Lipinski definition) is 2. The second-order valence-corrected chi connectivity index (χ2v) is 4.37. The Morgan fingerprint density at radius 2 is 1.81 bits per heavy atom. The molecule has 0 saturated carbocycles. The van der Waals surface area contributed by atoms with E-state index in [0.717, 1.165) is 10.8 Å². The summed E-state index contributed by atoms with van der Waals surface area (Å²) < 4.78 is 0. The molecule has 1 unspecified atom stereocenters. The molecule has 0 aliphatic heterocycles. The predicted molar refractivity (Wildman–Crippen MR) is 68.0 cm³/mol. The molecule has 0 bridgehead atoms. The fourth-order valence-corrected chi connectivity index (χ4v) is 1.86. The maximum Gasteiger partial charge on any atom is 0.320 e. The summed E-state index contributed by atoms with van der Waals surface area (Å²) in [6, 6.07) is 11.7. The van der Waals surface area contributed by atoms with Crippen molar-refractivity contribution in [3.05, 3.63) is 47.5 Å². The van der Waals surface area contributed by atoms with E-state index in [4.69, 9.17) is 5.11 Å². The van der Waals surface area contributed by atoms with E-state index < -0.39 is 11.2 Å². The second kappa shape index (κ2) is 4.18. The highest BCUT2D eigenvalue weighted by molar-refractivity contribution is 7.81. The summed E-state index contributed by atoms with van der Waals surface area (Å²) in [4.78, 5) is 10.8. The fourth-order valence-electron chi connectivity index (χ4n) is 1.70. The highest BCUT2D eigenvalue weighted by atomic mass is 32.1. The molecule has 2 aromatic rings. The second-order valence-electron chi connectivity index (χ2n) is 3.85. The molecule has 0 spiro atoms. The van der Waals surface area contributed by atoms with Crippen molar-refractivity contribution in [2.75, 3.05) is 0 Å². The Hall–Kier alpha value is -1.48. The number of thiol groups is 1. The quantitative estimate of drug-likeness (QED) is 0.780. The Morgan fingerprint density at radius 3 is 2.50 bits per heavy atom. The minimum atomic E-state index is -0.921. The van der Waals surface area contributed by atoms with Crippen LogP contribution < -0.4 is 0 Å². The van der Waals surface area contributed by atoms with E-state index in [1.807, 2.05) is 37.3 Å². The van der Waals surface area contributed by atoms with E-state index in [2.05, 4.69) is 18.7 Å². The van der Waals surface area contributed by atoms with Gasteiger partial charge in [-0.05, 0) is 29.3 Å². The van der Waals surface area contributed by atoms with Crippen LogP contribution in [-0.2, 0) is 4.79 Å². The van der Waals surface area contributed by atoms with Gasteiger partial charge in [-0.25, -0.2) is 0 Å².